The van der Waals surface area contributed by atoms with E-state index in [1.807, 2.05) is 25.1 Å². The topological polar surface area (TPSA) is 55.1 Å². The third-order valence-electron chi connectivity index (χ3n) is 3.34. The number of halogens is 1. The summed E-state index contributed by atoms with van der Waals surface area (Å²) in [6.07, 6.45) is 3.50. The minimum Gasteiger partial charge on any atom is -0.326 e. The summed E-state index contributed by atoms with van der Waals surface area (Å²) in [4.78, 5) is 11.9. The fraction of sp³-hybridized carbons (Fsp3) is 0.462. The Labute approximate surface area is 115 Å². The first-order valence-electron chi connectivity index (χ1n) is 5.83. The monoisotopic (exact) mass is 344 g/mol. The van der Waals surface area contributed by atoms with Gasteiger partial charge in [0.1, 0.15) is 0 Å². The molecule has 0 radical (unpaired) electrons. The summed E-state index contributed by atoms with van der Waals surface area (Å²) in [6.45, 7) is 1.99. The number of carbonyl (C=O) groups is 1. The first kappa shape index (κ1) is 12.8. The highest BCUT2D eigenvalue weighted by molar-refractivity contribution is 14.1. The molecule has 1 aliphatic rings. The fourth-order valence-corrected chi connectivity index (χ4v) is 2.54. The van der Waals surface area contributed by atoms with E-state index in [0.717, 1.165) is 34.1 Å². The molecule has 1 amide bonds. The molecule has 1 aliphatic carbocycles. The number of nitrogens with two attached hydrogens (primary N) is 1. The Balaban J connectivity index is 2.00. The summed E-state index contributed by atoms with van der Waals surface area (Å²) in [7, 11) is 0. The number of hydrogen-bond acceptors (Lipinski definition) is 2. The smallest absolute Gasteiger partial charge is 0.226 e. The van der Waals surface area contributed by atoms with E-state index < -0.39 is 0 Å². The van der Waals surface area contributed by atoms with Gasteiger partial charge in [0.2, 0.25) is 5.91 Å². The number of hydrogen-bond donors (Lipinski definition) is 2. The zero-order chi connectivity index (χ0) is 12.5. The van der Waals surface area contributed by atoms with Crippen LogP contribution in [0.4, 0.5) is 5.69 Å². The molecule has 17 heavy (non-hydrogen) atoms. The molecule has 1 aromatic carbocycles. The predicted octanol–water partition coefficient (Wildman–Crippen LogP) is 2.81. The van der Waals surface area contributed by atoms with E-state index in [0.29, 0.717) is 6.42 Å². The molecule has 1 aromatic rings. The maximum Gasteiger partial charge on any atom is 0.226 e. The quantitative estimate of drug-likeness (QED) is 0.829. The second kappa shape index (κ2) is 4.94. The molecular weight excluding hydrogens is 327 g/mol. The van der Waals surface area contributed by atoms with Crippen LogP contribution in [0.2, 0.25) is 0 Å². The molecule has 92 valence electrons. The lowest BCUT2D eigenvalue weighted by Gasteiger charge is -2.37. The zero-order valence-corrected chi connectivity index (χ0v) is 12.1. The van der Waals surface area contributed by atoms with Gasteiger partial charge in [0.05, 0.1) is 0 Å². The Hall–Kier alpha value is -0.620. The Kier molecular flexibility index (Phi) is 3.73. The number of nitrogens with one attached hydrogen (secondary N) is 1. The summed E-state index contributed by atoms with van der Waals surface area (Å²) >= 11 is 2.24. The van der Waals surface area contributed by atoms with Crippen LogP contribution in [0.5, 0.6) is 0 Å². The number of carbonyl (C=O) groups excluding carboxylic acids is 1. The number of rotatable bonds is 3. The number of benzene rings is 1. The van der Waals surface area contributed by atoms with Crippen LogP contribution in [0.1, 0.15) is 31.2 Å². The largest absolute Gasteiger partial charge is 0.326 e. The molecular formula is C13H17IN2O. The second-order valence-electron chi connectivity index (χ2n) is 4.90. The summed E-state index contributed by atoms with van der Waals surface area (Å²) in [5, 5.41) is 2.95. The van der Waals surface area contributed by atoms with Crippen LogP contribution in [-0.4, -0.2) is 11.4 Å². The van der Waals surface area contributed by atoms with Gasteiger partial charge in [0, 0.05) is 21.2 Å². The lowest BCUT2D eigenvalue weighted by Crippen LogP contribution is -2.48. The van der Waals surface area contributed by atoms with Crippen molar-refractivity contribution in [3.8, 4) is 0 Å². The van der Waals surface area contributed by atoms with Gasteiger partial charge >= 0.3 is 0 Å². The molecule has 3 nitrogen and oxygen atoms in total. The van der Waals surface area contributed by atoms with Crippen molar-refractivity contribution < 1.29 is 4.79 Å². The number of aryl methyl sites for hydroxylation is 1. The van der Waals surface area contributed by atoms with Gasteiger partial charge in [-0.15, -0.1) is 0 Å². The van der Waals surface area contributed by atoms with Gasteiger partial charge in [-0.25, -0.2) is 0 Å². The first-order valence-corrected chi connectivity index (χ1v) is 6.91. The normalized spacial score (nSPS) is 17.4. The summed E-state index contributed by atoms with van der Waals surface area (Å²) in [6, 6.07) is 6.03. The van der Waals surface area contributed by atoms with E-state index in [2.05, 4.69) is 27.9 Å². The molecule has 0 spiro atoms. The third kappa shape index (κ3) is 3.19. The van der Waals surface area contributed by atoms with Crippen molar-refractivity contribution in [2.75, 3.05) is 5.32 Å². The van der Waals surface area contributed by atoms with Gasteiger partial charge in [0.25, 0.3) is 0 Å². The molecule has 0 aromatic heterocycles. The van der Waals surface area contributed by atoms with Crippen molar-refractivity contribution in [2.45, 2.75) is 38.1 Å². The average molecular weight is 344 g/mol. The molecule has 0 unspecified atom stereocenters. The van der Waals surface area contributed by atoms with Crippen LogP contribution in [0.15, 0.2) is 18.2 Å². The minimum atomic E-state index is -0.250. The molecule has 2 rings (SSSR count). The summed E-state index contributed by atoms with van der Waals surface area (Å²) in [5.74, 6) is 0.0253. The van der Waals surface area contributed by atoms with Crippen molar-refractivity contribution in [1.29, 1.82) is 0 Å². The van der Waals surface area contributed by atoms with Crippen LogP contribution < -0.4 is 11.1 Å². The number of anilines is 1. The van der Waals surface area contributed by atoms with Gasteiger partial charge in [-0.1, -0.05) is 6.07 Å². The van der Waals surface area contributed by atoms with E-state index in [1.165, 1.54) is 0 Å². The molecule has 3 N–H and O–H groups in total. The SMILES string of the molecule is Cc1ccc(I)cc1NC(=O)CC1(N)CCC1. The van der Waals surface area contributed by atoms with Crippen LogP contribution in [-0.2, 0) is 4.79 Å². The summed E-state index contributed by atoms with van der Waals surface area (Å²) < 4.78 is 1.12. The second-order valence-corrected chi connectivity index (χ2v) is 6.15. The fourth-order valence-electron chi connectivity index (χ4n) is 2.05. The highest BCUT2D eigenvalue weighted by Gasteiger charge is 2.34. The Bertz CT molecular complexity index is 441. The molecule has 4 heteroatoms. The van der Waals surface area contributed by atoms with E-state index in [1.54, 1.807) is 0 Å². The van der Waals surface area contributed by atoms with Crippen LogP contribution in [0, 0.1) is 10.5 Å². The van der Waals surface area contributed by atoms with Gasteiger partial charge in [0.15, 0.2) is 0 Å². The zero-order valence-electron chi connectivity index (χ0n) is 9.92. The molecule has 0 saturated heterocycles. The molecule has 0 atom stereocenters. The van der Waals surface area contributed by atoms with E-state index in [9.17, 15) is 4.79 Å². The van der Waals surface area contributed by atoms with Gasteiger partial charge < -0.3 is 11.1 Å². The maximum absolute atomic E-state index is 11.9. The lowest BCUT2D eigenvalue weighted by molar-refractivity contribution is -0.118. The van der Waals surface area contributed by atoms with Gasteiger partial charge in [-0.3, -0.25) is 4.79 Å². The van der Waals surface area contributed by atoms with E-state index in [4.69, 9.17) is 5.73 Å². The van der Waals surface area contributed by atoms with Crippen LogP contribution in [0.3, 0.4) is 0 Å². The average Bonchev–Trinajstić information content (AvgIpc) is 2.21. The van der Waals surface area contributed by atoms with Crippen LogP contribution in [0.25, 0.3) is 0 Å². The summed E-state index contributed by atoms with van der Waals surface area (Å²) in [5.41, 5.74) is 7.79. The minimum absolute atomic E-state index is 0.0253. The highest BCUT2D eigenvalue weighted by Crippen LogP contribution is 2.32. The molecule has 1 saturated carbocycles. The molecule has 1 fully saturated rings. The van der Waals surface area contributed by atoms with Crippen LogP contribution >= 0.6 is 22.6 Å². The highest BCUT2D eigenvalue weighted by atomic mass is 127. The Morgan fingerprint density at radius 3 is 2.82 bits per heavy atom. The maximum atomic E-state index is 11.9. The predicted molar refractivity (Wildman–Crippen MR) is 77.9 cm³/mol. The van der Waals surface area contributed by atoms with Crippen molar-refractivity contribution in [1.82, 2.24) is 0 Å². The van der Waals surface area contributed by atoms with E-state index >= 15 is 0 Å². The third-order valence-corrected chi connectivity index (χ3v) is 4.01. The number of amides is 1. The van der Waals surface area contributed by atoms with Crippen molar-refractivity contribution >= 4 is 34.2 Å². The first-order chi connectivity index (χ1) is 7.98. The van der Waals surface area contributed by atoms with Crippen molar-refractivity contribution in [2.24, 2.45) is 5.73 Å². The van der Waals surface area contributed by atoms with Crippen molar-refractivity contribution in [3.05, 3.63) is 27.3 Å². The molecule has 0 bridgehead atoms. The van der Waals surface area contributed by atoms with Gasteiger partial charge in [-0.05, 0) is 66.5 Å². The standard InChI is InChI=1S/C13H17IN2O/c1-9-3-4-10(14)7-11(9)16-12(17)8-13(15)5-2-6-13/h3-4,7H,2,5-6,8,15H2,1H3,(H,16,17). The van der Waals surface area contributed by atoms with Gasteiger partial charge in [-0.2, -0.15) is 0 Å². The van der Waals surface area contributed by atoms with Crippen molar-refractivity contribution in [3.63, 3.8) is 0 Å². The Morgan fingerprint density at radius 1 is 1.53 bits per heavy atom. The molecule has 0 heterocycles. The Morgan fingerprint density at radius 2 is 2.24 bits per heavy atom. The molecule has 0 aliphatic heterocycles. The lowest BCUT2D eigenvalue weighted by atomic mass is 9.75. The van der Waals surface area contributed by atoms with E-state index in [-0.39, 0.29) is 11.4 Å².